The second-order valence-electron chi connectivity index (χ2n) is 5.48. The van der Waals surface area contributed by atoms with Gasteiger partial charge in [-0.1, -0.05) is 32.6 Å². The zero-order valence-corrected chi connectivity index (χ0v) is 12.4. The van der Waals surface area contributed by atoms with E-state index in [4.69, 9.17) is 9.84 Å². The van der Waals surface area contributed by atoms with E-state index in [0.717, 1.165) is 32.1 Å². The van der Waals surface area contributed by atoms with Crippen molar-refractivity contribution in [3.63, 3.8) is 0 Å². The highest BCUT2D eigenvalue weighted by atomic mass is 16.6. The number of aliphatic hydroxyl groups is 4. The number of ether oxygens (including phenoxy) is 1. The predicted molar refractivity (Wildman–Crippen MR) is 75.3 cm³/mol. The van der Waals surface area contributed by atoms with Gasteiger partial charge in [-0.15, -0.1) is 0 Å². The number of carbonyl (C=O) groups excluding carboxylic acids is 1. The Bertz CT molecular complexity index is 312. The smallest absolute Gasteiger partial charge is 0.222 e. The monoisotopic (exact) mass is 305 g/mol. The van der Waals surface area contributed by atoms with E-state index in [1.165, 1.54) is 0 Å². The van der Waals surface area contributed by atoms with Crippen LogP contribution in [0.2, 0.25) is 0 Å². The van der Waals surface area contributed by atoms with Crippen molar-refractivity contribution >= 4 is 5.91 Å². The Morgan fingerprint density at radius 3 is 2.33 bits per heavy atom. The van der Waals surface area contributed by atoms with Crippen LogP contribution in [0.4, 0.5) is 0 Å². The highest BCUT2D eigenvalue weighted by Gasteiger charge is 2.43. The van der Waals surface area contributed by atoms with Gasteiger partial charge in [0.25, 0.3) is 0 Å². The fourth-order valence-corrected chi connectivity index (χ4v) is 2.34. The number of rotatable bonds is 8. The Morgan fingerprint density at radius 1 is 1.05 bits per heavy atom. The van der Waals surface area contributed by atoms with Crippen LogP contribution in [0.25, 0.3) is 0 Å². The molecule has 1 heterocycles. The standard InChI is InChI=1S/C14H27NO6/c1-2-3-4-5-6-7-10(17)15-14-13(20)12(19)11(18)9(8-16)21-14/h9,11-14,16,18-20H,2-8H2,1H3,(H,15,17)/t9-,11-,12+,13-,14-/m1/s1. The van der Waals surface area contributed by atoms with Gasteiger partial charge in [0.05, 0.1) is 6.61 Å². The summed E-state index contributed by atoms with van der Waals surface area (Å²) in [5, 5.41) is 40.6. The van der Waals surface area contributed by atoms with Crippen molar-refractivity contribution < 1.29 is 30.0 Å². The number of hydrogen-bond donors (Lipinski definition) is 5. The van der Waals surface area contributed by atoms with Gasteiger partial charge in [0, 0.05) is 6.42 Å². The molecule has 0 spiro atoms. The minimum Gasteiger partial charge on any atom is -0.394 e. The summed E-state index contributed by atoms with van der Waals surface area (Å²) < 4.78 is 5.20. The summed E-state index contributed by atoms with van der Waals surface area (Å²) in [4.78, 5) is 11.8. The van der Waals surface area contributed by atoms with Gasteiger partial charge in [0.2, 0.25) is 5.91 Å². The molecule has 5 atom stereocenters. The van der Waals surface area contributed by atoms with Crippen LogP contribution in [0.1, 0.15) is 45.4 Å². The van der Waals surface area contributed by atoms with Crippen molar-refractivity contribution in [2.24, 2.45) is 0 Å². The fraction of sp³-hybridized carbons (Fsp3) is 0.929. The Labute approximate surface area is 124 Å². The van der Waals surface area contributed by atoms with Gasteiger partial charge in [0.15, 0.2) is 6.23 Å². The molecule has 7 nitrogen and oxygen atoms in total. The molecular weight excluding hydrogens is 278 g/mol. The lowest BCUT2D eigenvalue weighted by molar-refractivity contribution is -0.236. The molecule has 1 aliphatic rings. The first-order chi connectivity index (χ1) is 10.0. The molecule has 0 aromatic heterocycles. The molecule has 5 N–H and O–H groups in total. The molecule has 21 heavy (non-hydrogen) atoms. The highest BCUT2D eigenvalue weighted by Crippen LogP contribution is 2.19. The van der Waals surface area contributed by atoms with Gasteiger partial charge in [-0.05, 0) is 6.42 Å². The molecule has 0 unspecified atom stereocenters. The molecule has 0 bridgehead atoms. The highest BCUT2D eigenvalue weighted by molar-refractivity contribution is 5.76. The maximum atomic E-state index is 11.8. The molecule has 0 radical (unpaired) electrons. The van der Waals surface area contributed by atoms with Crippen molar-refractivity contribution in [1.82, 2.24) is 5.32 Å². The van der Waals surface area contributed by atoms with Gasteiger partial charge in [-0.25, -0.2) is 0 Å². The molecule has 1 amide bonds. The van der Waals surface area contributed by atoms with E-state index >= 15 is 0 Å². The summed E-state index contributed by atoms with van der Waals surface area (Å²) in [6, 6.07) is 0. The first-order valence-electron chi connectivity index (χ1n) is 7.61. The molecule has 1 fully saturated rings. The minimum atomic E-state index is -1.47. The number of hydrogen-bond acceptors (Lipinski definition) is 6. The minimum absolute atomic E-state index is 0.282. The molecule has 124 valence electrons. The SMILES string of the molecule is CCCCCCCC(=O)N[C@@H]1O[C@H](CO)[C@@H](O)[C@H](O)[C@H]1O. The average molecular weight is 305 g/mol. The van der Waals surface area contributed by atoms with Crippen molar-refractivity contribution in [2.75, 3.05) is 6.61 Å². The van der Waals surface area contributed by atoms with Crippen LogP contribution in [0.5, 0.6) is 0 Å². The van der Waals surface area contributed by atoms with E-state index in [9.17, 15) is 20.1 Å². The normalized spacial score (nSPS) is 32.9. The van der Waals surface area contributed by atoms with Crippen molar-refractivity contribution in [1.29, 1.82) is 0 Å². The average Bonchev–Trinajstić information content (AvgIpc) is 2.47. The van der Waals surface area contributed by atoms with E-state index in [1.54, 1.807) is 0 Å². The maximum Gasteiger partial charge on any atom is 0.222 e. The van der Waals surface area contributed by atoms with Gasteiger partial charge >= 0.3 is 0 Å². The van der Waals surface area contributed by atoms with Crippen LogP contribution in [-0.4, -0.2) is 63.6 Å². The molecule has 0 aliphatic carbocycles. The van der Waals surface area contributed by atoms with Crippen LogP contribution in [0.3, 0.4) is 0 Å². The Balaban J connectivity index is 2.36. The number of carbonyl (C=O) groups is 1. The summed E-state index contributed by atoms with van der Waals surface area (Å²) in [7, 11) is 0. The predicted octanol–water partition coefficient (Wildman–Crippen LogP) is -0.737. The summed E-state index contributed by atoms with van der Waals surface area (Å²) >= 11 is 0. The quantitative estimate of drug-likeness (QED) is 0.377. The van der Waals surface area contributed by atoms with E-state index in [2.05, 4.69) is 12.2 Å². The third kappa shape index (κ3) is 5.52. The van der Waals surface area contributed by atoms with E-state index in [0.29, 0.717) is 6.42 Å². The number of amides is 1. The molecule has 0 aromatic rings. The summed E-state index contributed by atoms with van der Waals surface area (Å²) in [5.41, 5.74) is 0. The zero-order chi connectivity index (χ0) is 15.8. The first-order valence-corrected chi connectivity index (χ1v) is 7.61. The first kappa shape index (κ1) is 18.3. The van der Waals surface area contributed by atoms with E-state index < -0.39 is 37.3 Å². The molecule has 1 saturated heterocycles. The van der Waals surface area contributed by atoms with Gasteiger partial charge in [-0.2, -0.15) is 0 Å². The Kier molecular flexibility index (Phi) is 8.13. The van der Waals surface area contributed by atoms with E-state index in [1.807, 2.05) is 0 Å². The van der Waals surface area contributed by atoms with Gasteiger partial charge in [-0.3, -0.25) is 4.79 Å². The van der Waals surface area contributed by atoms with E-state index in [-0.39, 0.29) is 5.91 Å². The summed E-state index contributed by atoms with van der Waals surface area (Å²) in [6.07, 6.45) is -1.01. The second-order valence-corrected chi connectivity index (χ2v) is 5.48. The number of aliphatic hydroxyl groups excluding tert-OH is 4. The lowest BCUT2D eigenvalue weighted by Crippen LogP contribution is -2.63. The third-order valence-electron chi connectivity index (χ3n) is 3.70. The number of nitrogens with one attached hydrogen (secondary N) is 1. The van der Waals surface area contributed by atoms with Crippen LogP contribution in [0.15, 0.2) is 0 Å². The van der Waals surface area contributed by atoms with Crippen LogP contribution < -0.4 is 5.32 Å². The molecule has 0 saturated carbocycles. The zero-order valence-electron chi connectivity index (χ0n) is 12.4. The molecule has 1 rings (SSSR count). The maximum absolute atomic E-state index is 11.8. The van der Waals surface area contributed by atoms with Crippen LogP contribution in [-0.2, 0) is 9.53 Å². The molecule has 7 heteroatoms. The fourth-order valence-electron chi connectivity index (χ4n) is 2.34. The molecular formula is C14H27NO6. The topological polar surface area (TPSA) is 119 Å². The van der Waals surface area contributed by atoms with Crippen molar-refractivity contribution in [2.45, 2.75) is 76.1 Å². The lowest BCUT2D eigenvalue weighted by Gasteiger charge is -2.40. The number of unbranched alkanes of at least 4 members (excludes halogenated alkanes) is 4. The Morgan fingerprint density at radius 2 is 1.71 bits per heavy atom. The van der Waals surface area contributed by atoms with Gasteiger partial charge < -0.3 is 30.5 Å². The Hall–Kier alpha value is -0.730. The third-order valence-corrected chi connectivity index (χ3v) is 3.70. The summed E-state index contributed by atoms with van der Waals surface area (Å²) in [6.45, 7) is 1.61. The van der Waals surface area contributed by atoms with Gasteiger partial charge in [0.1, 0.15) is 24.4 Å². The molecule has 1 aliphatic heterocycles. The van der Waals surface area contributed by atoms with Crippen molar-refractivity contribution in [3.8, 4) is 0 Å². The molecule has 0 aromatic carbocycles. The van der Waals surface area contributed by atoms with Crippen LogP contribution >= 0.6 is 0 Å². The lowest BCUT2D eigenvalue weighted by atomic mass is 9.98. The summed E-state index contributed by atoms with van der Waals surface area (Å²) in [5.74, 6) is -0.282. The van der Waals surface area contributed by atoms with Crippen LogP contribution in [0, 0.1) is 0 Å². The van der Waals surface area contributed by atoms with Crippen molar-refractivity contribution in [3.05, 3.63) is 0 Å². The second kappa shape index (κ2) is 9.32. The largest absolute Gasteiger partial charge is 0.394 e.